The average molecular weight is 322 g/mol. The van der Waals surface area contributed by atoms with E-state index in [1.807, 2.05) is 6.07 Å². The van der Waals surface area contributed by atoms with Crippen LogP contribution in [0.1, 0.15) is 40.9 Å². The maximum Gasteiger partial charge on any atom is 0.251 e. The molecule has 24 heavy (non-hydrogen) atoms. The molecule has 4 nitrogen and oxygen atoms in total. The SMILES string of the molecule is CC(=O)C(=C(C)c1ccc(C#N)cc1)c1ccc(C(N)=O)c(F)c1. The molecule has 0 radical (unpaired) electrons. The van der Waals surface area contributed by atoms with Crippen LogP contribution in [-0.2, 0) is 4.79 Å². The first-order valence-electron chi connectivity index (χ1n) is 7.17. The zero-order valence-corrected chi connectivity index (χ0v) is 13.3. The lowest BCUT2D eigenvalue weighted by atomic mass is 9.92. The van der Waals surface area contributed by atoms with Crippen LogP contribution in [-0.4, -0.2) is 11.7 Å². The molecule has 2 aromatic rings. The van der Waals surface area contributed by atoms with Crippen LogP contribution in [0.5, 0.6) is 0 Å². The number of hydrogen-bond acceptors (Lipinski definition) is 3. The van der Waals surface area contributed by atoms with E-state index in [-0.39, 0.29) is 11.3 Å². The van der Waals surface area contributed by atoms with Gasteiger partial charge in [0.2, 0.25) is 0 Å². The van der Waals surface area contributed by atoms with Crippen molar-refractivity contribution in [1.82, 2.24) is 0 Å². The summed E-state index contributed by atoms with van der Waals surface area (Å²) in [5.41, 5.74) is 7.49. The number of nitriles is 1. The van der Waals surface area contributed by atoms with Crippen molar-refractivity contribution in [1.29, 1.82) is 5.26 Å². The van der Waals surface area contributed by atoms with Gasteiger partial charge in [-0.3, -0.25) is 9.59 Å². The van der Waals surface area contributed by atoms with Crippen LogP contribution in [0, 0.1) is 17.1 Å². The molecule has 0 atom stereocenters. The van der Waals surface area contributed by atoms with Crippen LogP contribution >= 0.6 is 0 Å². The van der Waals surface area contributed by atoms with Crippen molar-refractivity contribution in [2.45, 2.75) is 13.8 Å². The molecule has 2 N–H and O–H groups in total. The van der Waals surface area contributed by atoms with E-state index >= 15 is 0 Å². The maximum atomic E-state index is 14.0. The quantitative estimate of drug-likeness (QED) is 0.692. The van der Waals surface area contributed by atoms with Crippen molar-refractivity contribution in [3.8, 4) is 6.07 Å². The number of hydrogen-bond donors (Lipinski definition) is 1. The molecular weight excluding hydrogens is 307 g/mol. The van der Waals surface area contributed by atoms with Gasteiger partial charge in [0, 0.05) is 5.57 Å². The second kappa shape index (κ2) is 6.88. The van der Waals surface area contributed by atoms with Crippen LogP contribution in [0.4, 0.5) is 4.39 Å². The Morgan fingerprint density at radius 1 is 1.04 bits per heavy atom. The number of ketones is 1. The molecule has 2 aromatic carbocycles. The monoisotopic (exact) mass is 322 g/mol. The first-order valence-corrected chi connectivity index (χ1v) is 7.17. The fourth-order valence-electron chi connectivity index (χ4n) is 2.49. The van der Waals surface area contributed by atoms with E-state index in [1.165, 1.54) is 19.1 Å². The topological polar surface area (TPSA) is 83.9 Å². The van der Waals surface area contributed by atoms with E-state index in [2.05, 4.69) is 0 Å². The van der Waals surface area contributed by atoms with E-state index in [0.717, 1.165) is 11.6 Å². The number of nitrogens with zero attached hydrogens (tertiary/aromatic N) is 1. The Labute approximate surface area is 139 Å². The number of amides is 1. The summed E-state index contributed by atoms with van der Waals surface area (Å²) in [5.74, 6) is -1.87. The lowest BCUT2D eigenvalue weighted by Gasteiger charge is -2.11. The van der Waals surface area contributed by atoms with Crippen molar-refractivity contribution in [3.63, 3.8) is 0 Å². The highest BCUT2D eigenvalue weighted by Crippen LogP contribution is 2.28. The number of rotatable bonds is 4. The van der Waals surface area contributed by atoms with Gasteiger partial charge in [-0.05, 0) is 54.8 Å². The summed E-state index contributed by atoms with van der Waals surface area (Å²) in [6.07, 6.45) is 0. The van der Waals surface area contributed by atoms with Gasteiger partial charge in [0.1, 0.15) is 5.82 Å². The molecule has 0 unspecified atom stereocenters. The van der Waals surface area contributed by atoms with Gasteiger partial charge in [-0.25, -0.2) is 4.39 Å². The molecule has 2 rings (SSSR count). The minimum atomic E-state index is -0.865. The van der Waals surface area contributed by atoms with Gasteiger partial charge < -0.3 is 5.73 Å². The third-order valence-corrected chi connectivity index (χ3v) is 3.70. The molecule has 5 heteroatoms. The van der Waals surface area contributed by atoms with Crippen molar-refractivity contribution < 1.29 is 14.0 Å². The number of carbonyl (C=O) groups is 2. The van der Waals surface area contributed by atoms with Crippen LogP contribution < -0.4 is 5.73 Å². The summed E-state index contributed by atoms with van der Waals surface area (Å²) in [4.78, 5) is 23.2. The summed E-state index contributed by atoms with van der Waals surface area (Å²) in [5, 5.41) is 8.85. The molecule has 0 aliphatic carbocycles. The number of benzene rings is 2. The molecule has 0 bridgehead atoms. The normalized spacial score (nSPS) is 11.4. The third kappa shape index (κ3) is 3.39. The number of nitrogens with two attached hydrogens (primary N) is 1. The fourth-order valence-corrected chi connectivity index (χ4v) is 2.49. The van der Waals surface area contributed by atoms with Gasteiger partial charge in [0.05, 0.1) is 17.2 Å². The molecule has 0 aliphatic heterocycles. The van der Waals surface area contributed by atoms with E-state index in [9.17, 15) is 14.0 Å². The van der Waals surface area contributed by atoms with Gasteiger partial charge in [-0.1, -0.05) is 18.2 Å². The summed E-state index contributed by atoms with van der Waals surface area (Å²) >= 11 is 0. The van der Waals surface area contributed by atoms with Crippen molar-refractivity contribution >= 4 is 22.8 Å². The second-order valence-electron chi connectivity index (χ2n) is 5.30. The molecule has 0 saturated heterocycles. The average Bonchev–Trinajstić information content (AvgIpc) is 2.54. The molecule has 0 saturated carbocycles. The minimum absolute atomic E-state index is 0.224. The summed E-state index contributed by atoms with van der Waals surface area (Å²) in [6.45, 7) is 3.14. The maximum absolute atomic E-state index is 14.0. The molecule has 0 fully saturated rings. The smallest absolute Gasteiger partial charge is 0.251 e. The Hall–Kier alpha value is -3.26. The number of carbonyl (C=O) groups excluding carboxylic acids is 2. The predicted molar refractivity (Wildman–Crippen MR) is 89.2 cm³/mol. The first-order chi connectivity index (χ1) is 11.3. The zero-order valence-electron chi connectivity index (χ0n) is 13.3. The van der Waals surface area contributed by atoms with Crippen LogP contribution in [0.15, 0.2) is 42.5 Å². The highest BCUT2D eigenvalue weighted by atomic mass is 19.1. The number of allylic oxidation sites excluding steroid dienone is 2. The molecule has 1 amide bonds. The molecule has 0 spiro atoms. The molecular formula is C19H15FN2O2. The standard InChI is InChI=1S/C19H15FN2O2/c1-11(14-5-3-13(10-21)4-6-14)18(12(2)23)15-7-8-16(19(22)24)17(20)9-15/h3-9H,1-2H3,(H2,22,24). The molecule has 0 heterocycles. The number of primary amides is 1. The van der Waals surface area contributed by atoms with Crippen LogP contribution in [0.2, 0.25) is 0 Å². The third-order valence-electron chi connectivity index (χ3n) is 3.70. The summed E-state index contributed by atoms with van der Waals surface area (Å²) in [6, 6.07) is 12.7. The zero-order chi connectivity index (χ0) is 17.9. The van der Waals surface area contributed by atoms with Gasteiger partial charge in [-0.2, -0.15) is 5.26 Å². The Kier molecular flexibility index (Phi) is 4.90. The number of Topliss-reactive ketones (excluding diaryl/α,β-unsaturated/α-hetero) is 1. The Balaban J connectivity index is 2.60. The molecule has 0 aromatic heterocycles. The highest BCUT2D eigenvalue weighted by Gasteiger charge is 2.16. The van der Waals surface area contributed by atoms with Crippen LogP contribution in [0.25, 0.3) is 11.1 Å². The van der Waals surface area contributed by atoms with Crippen molar-refractivity contribution in [3.05, 3.63) is 70.5 Å². The largest absolute Gasteiger partial charge is 0.366 e. The van der Waals surface area contributed by atoms with E-state index in [0.29, 0.717) is 22.3 Å². The van der Waals surface area contributed by atoms with Crippen molar-refractivity contribution in [2.75, 3.05) is 0 Å². The Morgan fingerprint density at radius 3 is 2.08 bits per heavy atom. The van der Waals surface area contributed by atoms with Crippen LogP contribution in [0.3, 0.4) is 0 Å². The summed E-state index contributed by atoms with van der Waals surface area (Å²) < 4.78 is 14.0. The van der Waals surface area contributed by atoms with Gasteiger partial charge >= 0.3 is 0 Å². The second-order valence-corrected chi connectivity index (χ2v) is 5.30. The molecule has 120 valence electrons. The lowest BCUT2D eigenvalue weighted by Crippen LogP contribution is -2.13. The lowest BCUT2D eigenvalue weighted by molar-refractivity contribution is -0.111. The van der Waals surface area contributed by atoms with E-state index in [4.69, 9.17) is 11.0 Å². The molecule has 0 aliphatic rings. The predicted octanol–water partition coefficient (Wildman–Crippen LogP) is 3.32. The fraction of sp³-hybridized carbons (Fsp3) is 0.105. The number of halogens is 1. The Bertz CT molecular complexity index is 891. The van der Waals surface area contributed by atoms with E-state index < -0.39 is 11.7 Å². The summed E-state index contributed by atoms with van der Waals surface area (Å²) in [7, 11) is 0. The Morgan fingerprint density at radius 2 is 1.62 bits per heavy atom. The van der Waals surface area contributed by atoms with Gasteiger partial charge in [-0.15, -0.1) is 0 Å². The first kappa shape index (κ1) is 17.1. The van der Waals surface area contributed by atoms with E-state index in [1.54, 1.807) is 31.2 Å². The van der Waals surface area contributed by atoms with Gasteiger partial charge in [0.25, 0.3) is 5.91 Å². The minimum Gasteiger partial charge on any atom is -0.366 e. The van der Waals surface area contributed by atoms with Crippen molar-refractivity contribution in [2.24, 2.45) is 5.73 Å². The van der Waals surface area contributed by atoms with Gasteiger partial charge in [0.15, 0.2) is 5.78 Å². The highest BCUT2D eigenvalue weighted by molar-refractivity contribution is 6.26.